The lowest BCUT2D eigenvalue weighted by molar-refractivity contribution is -0.137. The first-order chi connectivity index (χ1) is 17.3. The third-order valence-electron chi connectivity index (χ3n) is 7.21. The number of benzene rings is 1. The van der Waals surface area contributed by atoms with E-state index in [2.05, 4.69) is 9.97 Å². The molecule has 2 bridgehead atoms. The SMILES string of the molecule is Cc1cccc(C(=O)N2[C@H](CF)[C@@H]3CC[C@H]2[C@@H](Oc2ccc(C(F)(F)F)cn2)C3)c1-c1ccccn1. The van der Waals surface area contributed by atoms with Crippen LogP contribution in [-0.2, 0) is 6.18 Å². The van der Waals surface area contributed by atoms with Crippen LogP contribution in [0.15, 0.2) is 60.9 Å². The molecule has 5 nitrogen and oxygen atoms in total. The Hall–Kier alpha value is -3.49. The summed E-state index contributed by atoms with van der Waals surface area (Å²) in [5.41, 5.74) is 1.80. The number of ether oxygens (including phenoxy) is 1. The van der Waals surface area contributed by atoms with Gasteiger partial charge in [-0.25, -0.2) is 9.37 Å². The molecule has 1 saturated carbocycles. The van der Waals surface area contributed by atoms with Crippen LogP contribution in [-0.4, -0.2) is 45.6 Å². The molecule has 3 aliphatic rings. The Labute approximate surface area is 206 Å². The largest absolute Gasteiger partial charge is 0.472 e. The number of pyridine rings is 2. The van der Waals surface area contributed by atoms with E-state index in [1.54, 1.807) is 29.3 Å². The van der Waals surface area contributed by atoms with Gasteiger partial charge >= 0.3 is 6.18 Å². The lowest BCUT2D eigenvalue weighted by atomic mass is 9.72. The van der Waals surface area contributed by atoms with Crippen molar-refractivity contribution in [1.82, 2.24) is 14.9 Å². The summed E-state index contributed by atoms with van der Waals surface area (Å²) in [7, 11) is 0. The predicted octanol–water partition coefficient (Wildman–Crippen LogP) is 5.88. The molecule has 2 aliphatic heterocycles. The number of amides is 1. The summed E-state index contributed by atoms with van der Waals surface area (Å²) in [6, 6.07) is 12.0. The van der Waals surface area contributed by atoms with Crippen molar-refractivity contribution in [3.63, 3.8) is 0 Å². The molecule has 3 fully saturated rings. The maximum absolute atomic E-state index is 14.3. The van der Waals surface area contributed by atoms with Crippen molar-refractivity contribution in [1.29, 1.82) is 0 Å². The van der Waals surface area contributed by atoms with Gasteiger partial charge in [0.15, 0.2) is 0 Å². The van der Waals surface area contributed by atoms with Gasteiger partial charge in [0.25, 0.3) is 5.91 Å². The molecule has 0 spiro atoms. The number of halogens is 4. The number of aryl methyl sites for hydroxylation is 1. The quantitative estimate of drug-likeness (QED) is 0.412. The molecule has 4 heterocycles. The number of hydrogen-bond donors (Lipinski definition) is 0. The molecule has 1 aliphatic carbocycles. The smallest absolute Gasteiger partial charge is 0.417 e. The number of piperidine rings is 2. The number of carbonyl (C=O) groups excluding carboxylic acids is 1. The van der Waals surface area contributed by atoms with E-state index in [0.29, 0.717) is 29.7 Å². The fourth-order valence-electron chi connectivity index (χ4n) is 5.52. The molecule has 2 saturated heterocycles. The Bertz CT molecular complexity index is 1230. The van der Waals surface area contributed by atoms with Crippen LogP contribution < -0.4 is 4.74 Å². The van der Waals surface area contributed by atoms with Crippen LogP contribution in [0.3, 0.4) is 0 Å². The Balaban J connectivity index is 1.46. The molecule has 2 aromatic heterocycles. The van der Waals surface area contributed by atoms with E-state index in [4.69, 9.17) is 4.74 Å². The van der Waals surface area contributed by atoms with Crippen LogP contribution in [0.25, 0.3) is 11.3 Å². The van der Waals surface area contributed by atoms with Gasteiger partial charge in [-0.15, -0.1) is 0 Å². The van der Waals surface area contributed by atoms with Gasteiger partial charge < -0.3 is 9.64 Å². The number of aromatic nitrogens is 2. The number of fused-ring (bicyclic) bond motifs is 3. The molecule has 36 heavy (non-hydrogen) atoms. The van der Waals surface area contributed by atoms with Crippen LogP contribution in [0.5, 0.6) is 5.88 Å². The van der Waals surface area contributed by atoms with Gasteiger partial charge in [-0.3, -0.25) is 9.78 Å². The average Bonchev–Trinajstić information content (AvgIpc) is 2.88. The van der Waals surface area contributed by atoms with E-state index in [-0.39, 0.29) is 17.7 Å². The van der Waals surface area contributed by atoms with Gasteiger partial charge in [0.2, 0.25) is 5.88 Å². The van der Waals surface area contributed by atoms with E-state index in [9.17, 15) is 22.4 Å². The molecule has 0 radical (unpaired) electrons. The first-order valence-electron chi connectivity index (χ1n) is 11.9. The molecule has 1 aromatic carbocycles. The van der Waals surface area contributed by atoms with Crippen LogP contribution in [0.4, 0.5) is 17.6 Å². The van der Waals surface area contributed by atoms with Crippen molar-refractivity contribution in [2.24, 2.45) is 5.92 Å². The minimum Gasteiger partial charge on any atom is -0.472 e. The van der Waals surface area contributed by atoms with E-state index >= 15 is 0 Å². The fourth-order valence-corrected chi connectivity index (χ4v) is 5.52. The molecule has 0 N–H and O–H groups in total. The summed E-state index contributed by atoms with van der Waals surface area (Å²) in [6.07, 6.45) is -0.728. The highest BCUT2D eigenvalue weighted by Crippen LogP contribution is 2.43. The first kappa shape index (κ1) is 24.2. The summed E-state index contributed by atoms with van der Waals surface area (Å²) in [6.45, 7) is 1.22. The highest BCUT2D eigenvalue weighted by Gasteiger charge is 2.50. The van der Waals surface area contributed by atoms with Gasteiger partial charge in [-0.2, -0.15) is 13.2 Å². The van der Waals surface area contributed by atoms with Gasteiger partial charge in [0.05, 0.1) is 23.3 Å². The second kappa shape index (κ2) is 9.52. The van der Waals surface area contributed by atoms with Crippen LogP contribution in [0.1, 0.15) is 40.7 Å². The third kappa shape index (κ3) is 4.42. The molecule has 0 unspecified atom stereocenters. The topological polar surface area (TPSA) is 55.3 Å². The Kier molecular flexibility index (Phi) is 6.40. The van der Waals surface area contributed by atoms with Gasteiger partial charge in [-0.1, -0.05) is 18.2 Å². The van der Waals surface area contributed by atoms with Crippen LogP contribution >= 0.6 is 0 Å². The van der Waals surface area contributed by atoms with Gasteiger partial charge in [-0.05, 0) is 61.9 Å². The lowest BCUT2D eigenvalue weighted by Crippen LogP contribution is -2.65. The maximum atomic E-state index is 14.3. The molecule has 9 heteroatoms. The van der Waals surface area contributed by atoms with Gasteiger partial charge in [0, 0.05) is 29.6 Å². The van der Waals surface area contributed by atoms with Crippen molar-refractivity contribution in [2.75, 3.05) is 6.67 Å². The van der Waals surface area contributed by atoms with E-state index in [1.807, 2.05) is 25.1 Å². The molecule has 1 amide bonds. The average molecular weight is 500 g/mol. The monoisotopic (exact) mass is 499 g/mol. The molecule has 4 atom stereocenters. The molecule has 3 aromatic rings. The molecular formula is C27H25F4N3O2. The zero-order chi connectivity index (χ0) is 25.4. The minimum absolute atomic E-state index is 0.0504. The maximum Gasteiger partial charge on any atom is 0.417 e. The predicted molar refractivity (Wildman–Crippen MR) is 125 cm³/mol. The second-order valence-corrected chi connectivity index (χ2v) is 9.33. The third-order valence-corrected chi connectivity index (χ3v) is 7.21. The highest BCUT2D eigenvalue weighted by molar-refractivity contribution is 6.01. The van der Waals surface area contributed by atoms with Crippen LogP contribution in [0, 0.1) is 12.8 Å². The normalized spacial score (nSPS) is 23.5. The number of alkyl halides is 4. The molecular weight excluding hydrogens is 474 g/mol. The second-order valence-electron chi connectivity index (χ2n) is 9.33. The molecule has 6 rings (SSSR count). The zero-order valence-corrected chi connectivity index (χ0v) is 19.6. The van der Waals surface area contributed by atoms with Crippen molar-refractivity contribution < 1.29 is 27.1 Å². The van der Waals surface area contributed by atoms with E-state index in [1.165, 1.54) is 6.07 Å². The Morgan fingerprint density at radius 3 is 2.58 bits per heavy atom. The number of carbonyl (C=O) groups is 1. The Morgan fingerprint density at radius 1 is 1.08 bits per heavy atom. The van der Waals surface area contributed by atoms with Gasteiger partial charge in [0.1, 0.15) is 12.8 Å². The van der Waals surface area contributed by atoms with Crippen molar-refractivity contribution in [2.45, 2.75) is 50.6 Å². The first-order valence-corrected chi connectivity index (χ1v) is 11.9. The van der Waals surface area contributed by atoms with Crippen molar-refractivity contribution >= 4 is 5.91 Å². The summed E-state index contributed by atoms with van der Waals surface area (Å²) < 4.78 is 59.0. The number of hydrogen-bond acceptors (Lipinski definition) is 4. The summed E-state index contributed by atoms with van der Waals surface area (Å²) in [5, 5.41) is 0. The minimum atomic E-state index is -4.49. The number of nitrogens with zero attached hydrogens (tertiary/aromatic N) is 3. The highest BCUT2D eigenvalue weighted by atomic mass is 19.4. The van der Waals surface area contributed by atoms with E-state index < -0.39 is 36.6 Å². The number of rotatable bonds is 5. The summed E-state index contributed by atoms with van der Waals surface area (Å²) in [4.78, 5) is 23.8. The molecule has 188 valence electrons. The summed E-state index contributed by atoms with van der Waals surface area (Å²) >= 11 is 0. The summed E-state index contributed by atoms with van der Waals surface area (Å²) in [5.74, 6) is -0.369. The Morgan fingerprint density at radius 2 is 1.92 bits per heavy atom. The lowest BCUT2D eigenvalue weighted by Gasteiger charge is -2.53. The zero-order valence-electron chi connectivity index (χ0n) is 19.6. The van der Waals surface area contributed by atoms with E-state index in [0.717, 1.165) is 24.2 Å². The standard InChI is InChI=1S/C27H25F4N3O2/c1-16-5-4-6-19(25(16)20-7-2-3-12-32-20)26(35)34-21-10-8-17(22(34)14-28)13-23(21)36-24-11-9-18(15-33-24)27(29,30)31/h2-7,9,11-12,15,17,21-23H,8,10,13-14H2,1H3/t17-,21+,22-,23+/m1/s1. The van der Waals surface area contributed by atoms with Crippen molar-refractivity contribution in [3.05, 3.63) is 77.6 Å². The van der Waals surface area contributed by atoms with Crippen LogP contribution in [0.2, 0.25) is 0 Å². The van der Waals surface area contributed by atoms with Crippen molar-refractivity contribution in [3.8, 4) is 17.1 Å². The fraction of sp³-hybridized carbons (Fsp3) is 0.370.